The zero-order chi connectivity index (χ0) is 7.56. The number of hydrogen-bond donors (Lipinski definition) is 1. The highest BCUT2D eigenvalue weighted by atomic mass is 32.1. The summed E-state index contributed by atoms with van der Waals surface area (Å²) in [5.74, 6) is 0. The second-order valence-electron chi connectivity index (χ2n) is 2.36. The Labute approximate surface area is 67.2 Å². The summed E-state index contributed by atoms with van der Waals surface area (Å²) < 4.78 is 1.79. The van der Waals surface area contributed by atoms with Crippen molar-refractivity contribution >= 4 is 18.5 Å². The van der Waals surface area contributed by atoms with Gasteiger partial charge in [0.1, 0.15) is 0 Å². The van der Waals surface area contributed by atoms with Gasteiger partial charge in [-0.15, -0.1) is 0 Å². The molecule has 0 spiro atoms. The summed E-state index contributed by atoms with van der Waals surface area (Å²) >= 11 is 4.16. The second kappa shape index (κ2) is 2.97. The third-order valence-electron chi connectivity index (χ3n) is 1.41. The average molecular weight is 153 g/mol. The molecule has 0 N–H and O–H groups in total. The molecule has 0 aliphatic heterocycles. The Morgan fingerprint density at radius 3 is 2.10 bits per heavy atom. The van der Waals surface area contributed by atoms with E-state index >= 15 is 0 Å². The monoisotopic (exact) mass is 153 g/mol. The molecule has 0 fully saturated rings. The van der Waals surface area contributed by atoms with E-state index in [1.165, 1.54) is 5.56 Å². The van der Waals surface area contributed by atoms with Gasteiger partial charge in [0.2, 0.25) is 0 Å². The molecule has 2 heteroatoms. The Hall–Kier alpha value is -0.630. The Balaban J connectivity index is 2.89. The Morgan fingerprint density at radius 1 is 1.20 bits per heavy atom. The molecular weight excluding hydrogens is 142 g/mol. The molecule has 0 aromatic heterocycles. The largest absolute Gasteiger partial charge is 0.322 e. The van der Waals surface area contributed by atoms with Crippen LogP contribution in [0.1, 0.15) is 5.56 Å². The minimum atomic E-state index is 1.12. The van der Waals surface area contributed by atoms with Crippen LogP contribution in [-0.4, -0.2) is 7.05 Å². The van der Waals surface area contributed by atoms with Crippen molar-refractivity contribution in [1.29, 1.82) is 0 Å². The van der Waals surface area contributed by atoms with Crippen LogP contribution in [0.4, 0.5) is 5.69 Å². The topological polar surface area (TPSA) is 3.24 Å². The van der Waals surface area contributed by atoms with Gasteiger partial charge in [-0.05, 0) is 19.1 Å². The summed E-state index contributed by atoms with van der Waals surface area (Å²) in [4.78, 5) is 0. The van der Waals surface area contributed by atoms with E-state index in [1.54, 1.807) is 4.31 Å². The van der Waals surface area contributed by atoms with Crippen molar-refractivity contribution in [2.75, 3.05) is 11.4 Å². The van der Waals surface area contributed by atoms with Gasteiger partial charge in [0, 0.05) is 12.7 Å². The molecule has 0 aliphatic carbocycles. The molecule has 0 saturated heterocycles. The van der Waals surface area contributed by atoms with E-state index in [2.05, 4.69) is 31.9 Å². The molecule has 0 radical (unpaired) electrons. The summed E-state index contributed by atoms with van der Waals surface area (Å²) in [6.07, 6.45) is 0. The summed E-state index contributed by atoms with van der Waals surface area (Å²) in [5.41, 5.74) is 2.40. The van der Waals surface area contributed by atoms with E-state index in [9.17, 15) is 0 Å². The fourth-order valence-electron chi connectivity index (χ4n) is 0.761. The second-order valence-corrected chi connectivity index (χ2v) is 2.96. The van der Waals surface area contributed by atoms with Crippen LogP contribution < -0.4 is 4.31 Å². The zero-order valence-electron chi connectivity index (χ0n) is 6.20. The van der Waals surface area contributed by atoms with Crippen LogP contribution in [0, 0.1) is 6.92 Å². The van der Waals surface area contributed by atoms with E-state index in [1.807, 2.05) is 19.2 Å². The number of aryl methyl sites for hydroxylation is 1. The summed E-state index contributed by atoms with van der Waals surface area (Å²) in [5, 5.41) is 0. The lowest BCUT2D eigenvalue weighted by molar-refractivity contribution is 1.35. The molecule has 10 heavy (non-hydrogen) atoms. The molecule has 0 unspecified atom stereocenters. The molecule has 0 amide bonds. The number of hydrogen-bond acceptors (Lipinski definition) is 2. The fraction of sp³-hybridized carbons (Fsp3) is 0.250. The predicted molar refractivity (Wildman–Crippen MR) is 48.6 cm³/mol. The third-order valence-corrected chi connectivity index (χ3v) is 1.64. The molecule has 0 bridgehead atoms. The standard InChI is InChI=1S/C8H11NS/c1-7-3-5-8(6-4-7)9(2)10/h3-6,10H,1-2H3. The minimum absolute atomic E-state index is 1.12. The normalized spacial score (nSPS) is 9.50. The molecular formula is C8H11NS. The highest BCUT2D eigenvalue weighted by Crippen LogP contribution is 2.13. The van der Waals surface area contributed by atoms with Gasteiger partial charge in [-0.3, -0.25) is 0 Å². The molecule has 1 rings (SSSR count). The molecule has 0 atom stereocenters. The number of rotatable bonds is 1. The van der Waals surface area contributed by atoms with E-state index in [-0.39, 0.29) is 0 Å². The summed E-state index contributed by atoms with van der Waals surface area (Å²) in [6.45, 7) is 2.07. The molecule has 54 valence electrons. The Morgan fingerprint density at radius 2 is 1.70 bits per heavy atom. The first kappa shape index (κ1) is 7.48. The van der Waals surface area contributed by atoms with Crippen molar-refractivity contribution in [2.24, 2.45) is 0 Å². The van der Waals surface area contributed by atoms with Crippen LogP contribution in [0.15, 0.2) is 24.3 Å². The lowest BCUT2D eigenvalue weighted by atomic mass is 10.2. The minimum Gasteiger partial charge on any atom is -0.322 e. The van der Waals surface area contributed by atoms with Crippen molar-refractivity contribution in [3.8, 4) is 0 Å². The number of benzene rings is 1. The van der Waals surface area contributed by atoms with Gasteiger partial charge in [-0.2, -0.15) is 0 Å². The maximum absolute atomic E-state index is 4.16. The van der Waals surface area contributed by atoms with Gasteiger partial charge in [0.05, 0.1) is 0 Å². The van der Waals surface area contributed by atoms with Gasteiger partial charge >= 0.3 is 0 Å². The SMILES string of the molecule is Cc1ccc(N(C)S)cc1. The molecule has 0 saturated carbocycles. The van der Waals surface area contributed by atoms with E-state index in [4.69, 9.17) is 0 Å². The average Bonchev–Trinajstić information content (AvgIpc) is 1.88. The molecule has 0 aliphatic rings. The summed E-state index contributed by atoms with van der Waals surface area (Å²) in [7, 11) is 1.91. The molecule has 1 aromatic rings. The fourth-order valence-corrected chi connectivity index (χ4v) is 0.894. The maximum atomic E-state index is 4.16. The highest BCUT2D eigenvalue weighted by Gasteiger charge is 1.91. The van der Waals surface area contributed by atoms with Gasteiger partial charge in [0.25, 0.3) is 0 Å². The number of anilines is 1. The zero-order valence-corrected chi connectivity index (χ0v) is 7.10. The highest BCUT2D eigenvalue weighted by molar-refractivity contribution is 7.81. The van der Waals surface area contributed by atoms with Crippen molar-refractivity contribution in [1.82, 2.24) is 0 Å². The summed E-state index contributed by atoms with van der Waals surface area (Å²) in [6, 6.07) is 8.23. The first-order valence-corrected chi connectivity index (χ1v) is 3.59. The van der Waals surface area contributed by atoms with E-state index < -0.39 is 0 Å². The molecule has 1 aromatic carbocycles. The Kier molecular flexibility index (Phi) is 2.22. The van der Waals surface area contributed by atoms with Crippen LogP contribution in [0.2, 0.25) is 0 Å². The van der Waals surface area contributed by atoms with Gasteiger partial charge in [0.15, 0.2) is 0 Å². The number of nitrogens with zero attached hydrogens (tertiary/aromatic N) is 1. The van der Waals surface area contributed by atoms with Crippen molar-refractivity contribution in [3.63, 3.8) is 0 Å². The van der Waals surface area contributed by atoms with Gasteiger partial charge in [-0.25, -0.2) is 0 Å². The van der Waals surface area contributed by atoms with Crippen molar-refractivity contribution < 1.29 is 0 Å². The lowest BCUT2D eigenvalue weighted by Gasteiger charge is -2.09. The lowest BCUT2D eigenvalue weighted by Crippen LogP contribution is -1.99. The first-order chi connectivity index (χ1) is 4.70. The van der Waals surface area contributed by atoms with Crippen LogP contribution in [0.3, 0.4) is 0 Å². The van der Waals surface area contributed by atoms with E-state index in [0.717, 1.165) is 5.69 Å². The quantitative estimate of drug-likeness (QED) is 0.606. The van der Waals surface area contributed by atoms with Crippen LogP contribution in [-0.2, 0) is 0 Å². The maximum Gasteiger partial charge on any atom is 0.0464 e. The van der Waals surface area contributed by atoms with Crippen LogP contribution >= 0.6 is 12.8 Å². The smallest absolute Gasteiger partial charge is 0.0464 e. The molecule has 0 heterocycles. The molecule has 1 nitrogen and oxygen atoms in total. The van der Waals surface area contributed by atoms with Crippen molar-refractivity contribution in [2.45, 2.75) is 6.92 Å². The third kappa shape index (κ3) is 1.67. The van der Waals surface area contributed by atoms with Crippen molar-refractivity contribution in [3.05, 3.63) is 29.8 Å². The Bertz CT molecular complexity index is 203. The van der Waals surface area contributed by atoms with Gasteiger partial charge in [-0.1, -0.05) is 30.5 Å². The van der Waals surface area contributed by atoms with Gasteiger partial charge < -0.3 is 4.31 Å². The van der Waals surface area contributed by atoms with Crippen LogP contribution in [0.25, 0.3) is 0 Å². The van der Waals surface area contributed by atoms with Crippen LogP contribution in [0.5, 0.6) is 0 Å². The first-order valence-electron chi connectivity index (χ1n) is 3.19. The predicted octanol–water partition coefficient (Wildman–Crippen LogP) is 2.28. The van der Waals surface area contributed by atoms with E-state index in [0.29, 0.717) is 0 Å². The number of thiol groups is 1.